The maximum Gasteiger partial charge on any atom is 0.313 e. The number of nitro benzene ring substituents is 1. The molecule has 17 heavy (non-hydrogen) atoms. The number of hydrogen-bond acceptors (Lipinski definition) is 5. The number of nitro groups is 1. The number of nitrogens with two attached hydrogens (primary N) is 1. The van der Waals surface area contributed by atoms with E-state index >= 15 is 0 Å². The second kappa shape index (κ2) is 5.29. The highest BCUT2D eigenvalue weighted by atomic mass is 16.6. The summed E-state index contributed by atoms with van der Waals surface area (Å²) in [4.78, 5) is 21.6. The summed E-state index contributed by atoms with van der Waals surface area (Å²) in [6, 6.07) is 4.02. The van der Waals surface area contributed by atoms with Crippen LogP contribution in [-0.4, -0.2) is 17.5 Å². The Morgan fingerprint density at radius 3 is 2.76 bits per heavy atom. The number of non-ortho nitro benzene ring substituents is 1. The summed E-state index contributed by atoms with van der Waals surface area (Å²) in [5, 5.41) is 10.6. The normalized spacial score (nSPS) is 11.9. The highest BCUT2D eigenvalue weighted by molar-refractivity contribution is 5.80. The van der Waals surface area contributed by atoms with Crippen molar-refractivity contribution in [1.29, 1.82) is 0 Å². The third-order valence-corrected chi connectivity index (χ3v) is 2.39. The molecule has 0 fully saturated rings. The first-order valence-corrected chi connectivity index (χ1v) is 5.17. The molecule has 92 valence electrons. The average Bonchev–Trinajstić information content (AvgIpc) is 2.28. The van der Waals surface area contributed by atoms with Gasteiger partial charge in [0.2, 0.25) is 0 Å². The minimum absolute atomic E-state index is 0.0923. The van der Waals surface area contributed by atoms with Gasteiger partial charge in [0.25, 0.3) is 5.69 Å². The molecule has 0 aliphatic rings. The smallest absolute Gasteiger partial charge is 0.313 e. The zero-order valence-corrected chi connectivity index (χ0v) is 9.67. The second-order valence-electron chi connectivity index (χ2n) is 3.54. The number of carbonyl (C=O) groups excluding carboxylic acids is 1. The fourth-order valence-corrected chi connectivity index (χ4v) is 1.44. The summed E-state index contributed by atoms with van der Waals surface area (Å²) in [6.45, 7) is 3.56. The van der Waals surface area contributed by atoms with Gasteiger partial charge in [-0.1, -0.05) is 0 Å². The van der Waals surface area contributed by atoms with Crippen molar-refractivity contribution in [3.8, 4) is 0 Å². The molecule has 0 radical (unpaired) electrons. The summed E-state index contributed by atoms with van der Waals surface area (Å²) in [7, 11) is 0. The number of esters is 1. The molecule has 0 spiro atoms. The predicted molar refractivity (Wildman–Crippen MR) is 62.6 cm³/mol. The van der Waals surface area contributed by atoms with Gasteiger partial charge in [0.05, 0.1) is 17.4 Å². The van der Waals surface area contributed by atoms with Gasteiger partial charge in [-0.3, -0.25) is 14.9 Å². The van der Waals surface area contributed by atoms with Crippen LogP contribution >= 0.6 is 0 Å². The molecule has 0 aromatic heterocycles. The van der Waals surface area contributed by atoms with Crippen LogP contribution in [0.2, 0.25) is 0 Å². The predicted octanol–water partition coefficient (Wildman–Crippen LogP) is 1.84. The van der Waals surface area contributed by atoms with E-state index in [0.717, 1.165) is 0 Å². The molecule has 6 nitrogen and oxygen atoms in total. The zero-order chi connectivity index (χ0) is 13.0. The molecule has 2 N–H and O–H groups in total. The number of nitrogen functional groups attached to an aromatic ring is 1. The van der Waals surface area contributed by atoms with Crippen molar-refractivity contribution in [3.63, 3.8) is 0 Å². The fraction of sp³-hybridized carbons (Fsp3) is 0.364. The molecule has 1 atom stereocenters. The molecule has 0 amide bonds. The topological polar surface area (TPSA) is 95.5 Å². The summed E-state index contributed by atoms with van der Waals surface area (Å²) < 4.78 is 4.85. The number of rotatable bonds is 4. The molecule has 0 heterocycles. The van der Waals surface area contributed by atoms with Crippen molar-refractivity contribution >= 4 is 17.3 Å². The number of hydrogen-bond donors (Lipinski definition) is 1. The van der Waals surface area contributed by atoms with E-state index in [4.69, 9.17) is 10.5 Å². The maximum absolute atomic E-state index is 11.5. The summed E-state index contributed by atoms with van der Waals surface area (Å²) >= 11 is 0. The lowest BCUT2D eigenvalue weighted by Gasteiger charge is -2.12. The Hall–Kier alpha value is -2.11. The van der Waals surface area contributed by atoms with E-state index in [1.54, 1.807) is 13.8 Å². The molecule has 0 saturated carbocycles. The van der Waals surface area contributed by atoms with E-state index in [-0.39, 0.29) is 12.3 Å². The van der Waals surface area contributed by atoms with E-state index in [9.17, 15) is 14.9 Å². The maximum atomic E-state index is 11.5. The molecule has 1 unspecified atom stereocenters. The molecular formula is C11H14N2O4. The third-order valence-electron chi connectivity index (χ3n) is 2.39. The molecule has 1 rings (SSSR count). The van der Waals surface area contributed by atoms with E-state index in [2.05, 4.69) is 0 Å². The minimum atomic E-state index is -0.616. The second-order valence-corrected chi connectivity index (χ2v) is 3.54. The van der Waals surface area contributed by atoms with Gasteiger partial charge in [0, 0.05) is 17.8 Å². The van der Waals surface area contributed by atoms with Gasteiger partial charge >= 0.3 is 5.97 Å². The van der Waals surface area contributed by atoms with Gasteiger partial charge in [-0.25, -0.2) is 0 Å². The van der Waals surface area contributed by atoms with Crippen LogP contribution in [0.1, 0.15) is 25.3 Å². The van der Waals surface area contributed by atoms with Crippen LogP contribution in [0.15, 0.2) is 18.2 Å². The number of nitrogens with zero attached hydrogens (tertiary/aromatic N) is 1. The van der Waals surface area contributed by atoms with Crippen LogP contribution in [0.25, 0.3) is 0 Å². The quantitative estimate of drug-likeness (QED) is 0.373. The Morgan fingerprint density at radius 2 is 2.24 bits per heavy atom. The van der Waals surface area contributed by atoms with Crippen LogP contribution in [0.4, 0.5) is 11.4 Å². The van der Waals surface area contributed by atoms with Crippen molar-refractivity contribution in [2.24, 2.45) is 0 Å². The Labute approximate surface area is 98.5 Å². The molecule has 0 aliphatic heterocycles. The highest BCUT2D eigenvalue weighted by Gasteiger charge is 2.21. The molecule has 1 aromatic rings. The number of anilines is 1. The Kier molecular flexibility index (Phi) is 4.03. The number of benzene rings is 1. The lowest BCUT2D eigenvalue weighted by atomic mass is 9.99. The summed E-state index contributed by atoms with van der Waals surface area (Å²) in [5.41, 5.74) is 6.36. The SMILES string of the molecule is CCOC(=O)C(C)c1cc([N+](=O)[O-])ccc1N. The van der Waals surface area contributed by atoms with Crippen LogP contribution in [-0.2, 0) is 9.53 Å². The Morgan fingerprint density at radius 1 is 1.59 bits per heavy atom. The van der Waals surface area contributed by atoms with Crippen LogP contribution < -0.4 is 5.73 Å². The Balaban J connectivity index is 3.07. The number of carbonyl (C=O) groups is 1. The van der Waals surface area contributed by atoms with Crippen molar-refractivity contribution in [1.82, 2.24) is 0 Å². The average molecular weight is 238 g/mol. The van der Waals surface area contributed by atoms with E-state index in [0.29, 0.717) is 11.3 Å². The van der Waals surface area contributed by atoms with Gasteiger partial charge in [-0.05, 0) is 25.5 Å². The van der Waals surface area contributed by atoms with E-state index < -0.39 is 16.8 Å². The van der Waals surface area contributed by atoms with E-state index in [1.165, 1.54) is 18.2 Å². The largest absolute Gasteiger partial charge is 0.466 e. The lowest BCUT2D eigenvalue weighted by Crippen LogP contribution is -2.14. The molecular weight excluding hydrogens is 224 g/mol. The Bertz CT molecular complexity index is 445. The van der Waals surface area contributed by atoms with Crippen molar-refractivity contribution in [2.45, 2.75) is 19.8 Å². The molecule has 0 aliphatic carbocycles. The summed E-state index contributed by atoms with van der Waals surface area (Å²) in [5.74, 6) is -1.06. The van der Waals surface area contributed by atoms with Crippen molar-refractivity contribution in [2.75, 3.05) is 12.3 Å². The van der Waals surface area contributed by atoms with Gasteiger partial charge in [-0.15, -0.1) is 0 Å². The highest BCUT2D eigenvalue weighted by Crippen LogP contribution is 2.27. The van der Waals surface area contributed by atoms with Crippen LogP contribution in [0.3, 0.4) is 0 Å². The molecule has 1 aromatic carbocycles. The summed E-state index contributed by atoms with van der Waals surface area (Å²) in [6.07, 6.45) is 0. The van der Waals surface area contributed by atoms with Crippen molar-refractivity contribution < 1.29 is 14.5 Å². The van der Waals surface area contributed by atoms with E-state index in [1.807, 2.05) is 0 Å². The van der Waals surface area contributed by atoms with Gasteiger partial charge in [-0.2, -0.15) is 0 Å². The van der Waals surface area contributed by atoms with Gasteiger partial charge in [0.1, 0.15) is 0 Å². The van der Waals surface area contributed by atoms with Crippen molar-refractivity contribution in [3.05, 3.63) is 33.9 Å². The van der Waals surface area contributed by atoms with Gasteiger partial charge < -0.3 is 10.5 Å². The van der Waals surface area contributed by atoms with Gasteiger partial charge in [0.15, 0.2) is 0 Å². The first-order valence-electron chi connectivity index (χ1n) is 5.17. The third kappa shape index (κ3) is 2.93. The molecule has 0 bridgehead atoms. The fourth-order valence-electron chi connectivity index (χ4n) is 1.44. The van der Waals surface area contributed by atoms with Crippen LogP contribution in [0.5, 0.6) is 0 Å². The first-order chi connectivity index (χ1) is 7.97. The first kappa shape index (κ1) is 13.0. The molecule has 0 saturated heterocycles. The number of ether oxygens (including phenoxy) is 1. The standard InChI is InChI=1S/C11H14N2O4/c1-3-17-11(14)7(2)9-6-8(13(15)16)4-5-10(9)12/h4-7H,3,12H2,1-2H3. The minimum Gasteiger partial charge on any atom is -0.466 e. The lowest BCUT2D eigenvalue weighted by molar-refractivity contribution is -0.384. The zero-order valence-electron chi connectivity index (χ0n) is 9.67. The van der Waals surface area contributed by atoms with Crippen LogP contribution in [0, 0.1) is 10.1 Å². The monoisotopic (exact) mass is 238 g/mol. The molecule has 6 heteroatoms.